The molecule has 2 heterocycles. The molecule has 4 heteroatoms. The van der Waals surface area contributed by atoms with Gasteiger partial charge < -0.3 is 5.32 Å². The third-order valence-corrected chi connectivity index (χ3v) is 6.09. The number of benzene rings is 1. The number of fused-ring (bicyclic) bond motifs is 2. The number of hydrogen-bond donors (Lipinski definition) is 1. The lowest BCUT2D eigenvalue weighted by molar-refractivity contribution is 0.103. The number of thiophene rings is 1. The predicted molar refractivity (Wildman–Crippen MR) is 95.1 cm³/mol. The van der Waals surface area contributed by atoms with Crippen molar-refractivity contribution in [3.05, 3.63) is 50.7 Å². The van der Waals surface area contributed by atoms with Crippen LogP contribution in [0.15, 0.2) is 24.3 Å². The number of anilines is 1. The van der Waals surface area contributed by atoms with Crippen LogP contribution in [0.3, 0.4) is 0 Å². The van der Waals surface area contributed by atoms with Gasteiger partial charge in [0.2, 0.25) is 0 Å². The summed E-state index contributed by atoms with van der Waals surface area (Å²) in [5, 5.41) is 3.07. The number of rotatable bonds is 3. The molecule has 1 N–H and O–H groups in total. The molecule has 0 saturated heterocycles. The Balaban J connectivity index is 1.48. The Morgan fingerprint density at radius 1 is 1.13 bits per heavy atom. The molecule has 3 nitrogen and oxygen atoms in total. The molecular formula is C19H22N2OS. The van der Waals surface area contributed by atoms with E-state index in [1.807, 2.05) is 6.07 Å². The molecule has 1 aliphatic heterocycles. The number of nitrogens with one attached hydrogen (secondary N) is 1. The Hall–Kier alpha value is -1.65. The molecule has 0 bridgehead atoms. The Morgan fingerprint density at radius 2 is 1.96 bits per heavy atom. The molecule has 0 spiro atoms. The van der Waals surface area contributed by atoms with E-state index < -0.39 is 0 Å². The molecule has 4 rings (SSSR count). The Labute approximate surface area is 141 Å². The lowest BCUT2D eigenvalue weighted by Gasteiger charge is -2.19. The van der Waals surface area contributed by atoms with Gasteiger partial charge in [-0.15, -0.1) is 11.3 Å². The summed E-state index contributed by atoms with van der Waals surface area (Å²) < 4.78 is 0. The molecule has 1 amide bonds. The first-order chi connectivity index (χ1) is 11.1. The summed E-state index contributed by atoms with van der Waals surface area (Å²) in [7, 11) is 0. The van der Waals surface area contributed by atoms with Crippen LogP contribution in [-0.4, -0.2) is 16.8 Å². The topological polar surface area (TPSA) is 32.3 Å². The van der Waals surface area contributed by atoms with E-state index in [0.717, 1.165) is 30.1 Å². The number of carbonyl (C=O) groups is 1. The van der Waals surface area contributed by atoms with Gasteiger partial charge in [-0.1, -0.05) is 6.07 Å². The minimum Gasteiger partial charge on any atom is -0.321 e. The predicted octanol–water partition coefficient (Wildman–Crippen LogP) is 4.21. The molecule has 120 valence electrons. The van der Waals surface area contributed by atoms with Gasteiger partial charge in [0.05, 0.1) is 4.88 Å². The molecule has 1 aromatic carbocycles. The zero-order valence-electron chi connectivity index (χ0n) is 13.7. The molecule has 2 aromatic rings. The van der Waals surface area contributed by atoms with Crippen molar-refractivity contribution in [3.8, 4) is 0 Å². The summed E-state index contributed by atoms with van der Waals surface area (Å²) in [6.45, 7) is 6.38. The number of nitrogens with zero attached hydrogens (tertiary/aromatic N) is 1. The number of aryl methyl sites for hydroxylation is 2. The quantitative estimate of drug-likeness (QED) is 0.916. The molecule has 23 heavy (non-hydrogen) atoms. The molecule has 1 aromatic heterocycles. The van der Waals surface area contributed by atoms with Crippen LogP contribution in [0.2, 0.25) is 0 Å². The average molecular weight is 326 g/mol. The van der Waals surface area contributed by atoms with E-state index in [-0.39, 0.29) is 5.91 Å². The maximum atomic E-state index is 12.5. The molecular weight excluding hydrogens is 304 g/mol. The Morgan fingerprint density at radius 3 is 2.74 bits per heavy atom. The first-order valence-electron chi connectivity index (χ1n) is 8.39. The fraction of sp³-hybridized carbons (Fsp3) is 0.421. The van der Waals surface area contributed by atoms with Gasteiger partial charge in [-0.2, -0.15) is 0 Å². The summed E-state index contributed by atoms with van der Waals surface area (Å²) in [6, 6.07) is 8.96. The van der Waals surface area contributed by atoms with E-state index in [9.17, 15) is 4.79 Å². The summed E-state index contributed by atoms with van der Waals surface area (Å²) >= 11 is 1.64. The number of amides is 1. The van der Waals surface area contributed by atoms with E-state index in [2.05, 4.69) is 42.3 Å². The van der Waals surface area contributed by atoms with Gasteiger partial charge in [0.1, 0.15) is 0 Å². The van der Waals surface area contributed by atoms with Gasteiger partial charge in [-0.3, -0.25) is 9.69 Å². The van der Waals surface area contributed by atoms with Crippen LogP contribution in [0.25, 0.3) is 0 Å². The highest BCUT2D eigenvalue weighted by atomic mass is 32.1. The first-order valence-corrected chi connectivity index (χ1v) is 9.20. The summed E-state index contributed by atoms with van der Waals surface area (Å²) in [6.07, 6.45) is 3.54. The third-order valence-electron chi connectivity index (χ3n) is 4.93. The molecule has 0 fully saturated rings. The second-order valence-electron chi connectivity index (χ2n) is 6.85. The fourth-order valence-electron chi connectivity index (χ4n) is 3.51. The monoisotopic (exact) mass is 326 g/mol. The highest BCUT2D eigenvalue weighted by molar-refractivity contribution is 7.14. The Kier molecular flexibility index (Phi) is 3.74. The summed E-state index contributed by atoms with van der Waals surface area (Å²) in [4.78, 5) is 17.1. The minimum atomic E-state index is 0.0263. The highest BCUT2D eigenvalue weighted by Gasteiger charge is 2.25. The van der Waals surface area contributed by atoms with E-state index in [4.69, 9.17) is 0 Å². The van der Waals surface area contributed by atoms with Gasteiger partial charge in [0, 0.05) is 29.7 Å². The smallest absolute Gasteiger partial charge is 0.265 e. The fourth-order valence-corrected chi connectivity index (χ4v) is 4.61. The van der Waals surface area contributed by atoms with Crippen molar-refractivity contribution < 1.29 is 4.79 Å². The average Bonchev–Trinajstić information content (AvgIpc) is 3.20. The van der Waals surface area contributed by atoms with Crippen molar-refractivity contribution in [2.24, 2.45) is 0 Å². The van der Waals surface area contributed by atoms with E-state index >= 15 is 0 Å². The van der Waals surface area contributed by atoms with Crippen LogP contribution in [-0.2, 0) is 25.9 Å². The van der Waals surface area contributed by atoms with Crippen LogP contribution in [0.4, 0.5) is 5.69 Å². The van der Waals surface area contributed by atoms with Crippen LogP contribution in [0.1, 0.15) is 51.5 Å². The number of hydrogen-bond acceptors (Lipinski definition) is 3. The normalized spacial score (nSPS) is 16.7. The SMILES string of the molecule is CC(C)N1Cc2cc(C(=O)Nc3ccc4c(c3)CCC4)sc2C1. The number of carbonyl (C=O) groups excluding carboxylic acids is 1. The third kappa shape index (κ3) is 2.81. The van der Waals surface area contributed by atoms with Gasteiger partial charge in [-0.25, -0.2) is 0 Å². The maximum absolute atomic E-state index is 12.5. The van der Waals surface area contributed by atoms with Crippen molar-refractivity contribution in [2.75, 3.05) is 5.32 Å². The molecule has 0 radical (unpaired) electrons. The molecule has 0 unspecified atom stereocenters. The molecule has 1 aliphatic carbocycles. The van der Waals surface area contributed by atoms with Crippen molar-refractivity contribution >= 4 is 22.9 Å². The maximum Gasteiger partial charge on any atom is 0.265 e. The first kappa shape index (κ1) is 14.9. The zero-order valence-corrected chi connectivity index (χ0v) is 14.5. The lowest BCUT2D eigenvalue weighted by Crippen LogP contribution is -2.24. The second kappa shape index (κ2) is 5.77. The van der Waals surface area contributed by atoms with Crippen LogP contribution >= 0.6 is 11.3 Å². The van der Waals surface area contributed by atoms with Gasteiger partial charge in [-0.05, 0) is 68.0 Å². The Bertz CT molecular complexity index is 739. The van der Waals surface area contributed by atoms with Crippen molar-refractivity contribution in [1.82, 2.24) is 4.90 Å². The van der Waals surface area contributed by atoms with Crippen molar-refractivity contribution in [1.29, 1.82) is 0 Å². The minimum absolute atomic E-state index is 0.0263. The van der Waals surface area contributed by atoms with Crippen LogP contribution in [0, 0.1) is 0 Å². The van der Waals surface area contributed by atoms with Gasteiger partial charge in [0.25, 0.3) is 5.91 Å². The zero-order chi connectivity index (χ0) is 16.0. The van der Waals surface area contributed by atoms with Crippen LogP contribution in [0.5, 0.6) is 0 Å². The lowest BCUT2D eigenvalue weighted by atomic mass is 10.1. The second-order valence-corrected chi connectivity index (χ2v) is 7.99. The molecule has 0 saturated carbocycles. The summed E-state index contributed by atoms with van der Waals surface area (Å²) in [5.41, 5.74) is 5.08. The van der Waals surface area contributed by atoms with E-state index in [0.29, 0.717) is 6.04 Å². The van der Waals surface area contributed by atoms with Gasteiger partial charge in [0.15, 0.2) is 0 Å². The molecule has 0 atom stereocenters. The van der Waals surface area contributed by atoms with Gasteiger partial charge >= 0.3 is 0 Å². The van der Waals surface area contributed by atoms with E-state index in [1.165, 1.54) is 34.4 Å². The molecule has 2 aliphatic rings. The highest BCUT2D eigenvalue weighted by Crippen LogP contribution is 2.33. The van der Waals surface area contributed by atoms with E-state index in [1.54, 1.807) is 11.3 Å². The standard InChI is InChI=1S/C19H22N2OS/c1-12(2)21-10-15-9-17(23-18(15)11-21)19(22)20-16-7-6-13-4-3-5-14(13)8-16/h6-9,12H,3-5,10-11H2,1-2H3,(H,20,22). The van der Waals surface area contributed by atoms with Crippen molar-refractivity contribution in [3.63, 3.8) is 0 Å². The van der Waals surface area contributed by atoms with Crippen molar-refractivity contribution in [2.45, 2.75) is 52.2 Å². The largest absolute Gasteiger partial charge is 0.321 e. The summed E-state index contributed by atoms with van der Waals surface area (Å²) in [5.74, 6) is 0.0263. The van der Waals surface area contributed by atoms with Crippen LogP contribution < -0.4 is 5.32 Å².